The molecular weight excluding hydrogens is 230 g/mol. The zero-order chi connectivity index (χ0) is 12.5. The van der Waals surface area contributed by atoms with Crippen molar-refractivity contribution >= 4 is 11.3 Å². The largest absolute Gasteiger partial charge is 0.328 e. The molecule has 0 amide bonds. The van der Waals surface area contributed by atoms with Crippen molar-refractivity contribution in [1.29, 1.82) is 0 Å². The highest BCUT2D eigenvalue weighted by molar-refractivity contribution is 7.09. The van der Waals surface area contributed by atoms with Gasteiger partial charge >= 0.3 is 0 Å². The van der Waals surface area contributed by atoms with Gasteiger partial charge in [0.2, 0.25) is 0 Å². The second-order valence-electron chi connectivity index (χ2n) is 6.01. The Morgan fingerprint density at radius 3 is 2.59 bits per heavy atom. The average molecular weight is 253 g/mol. The van der Waals surface area contributed by atoms with Crippen LogP contribution in [0.3, 0.4) is 0 Å². The number of thiazole rings is 1. The van der Waals surface area contributed by atoms with Crippen molar-refractivity contribution in [3.8, 4) is 0 Å². The molecule has 1 saturated heterocycles. The number of nitrogens with two attached hydrogens (primary N) is 1. The van der Waals surface area contributed by atoms with Gasteiger partial charge in [0, 0.05) is 36.5 Å². The van der Waals surface area contributed by atoms with Crippen molar-refractivity contribution in [1.82, 2.24) is 9.88 Å². The van der Waals surface area contributed by atoms with Crippen LogP contribution < -0.4 is 5.73 Å². The minimum Gasteiger partial charge on any atom is -0.328 e. The van der Waals surface area contributed by atoms with Gasteiger partial charge in [-0.1, -0.05) is 20.8 Å². The van der Waals surface area contributed by atoms with Gasteiger partial charge in [0.05, 0.1) is 10.7 Å². The van der Waals surface area contributed by atoms with E-state index in [1.165, 1.54) is 10.7 Å². The van der Waals surface area contributed by atoms with E-state index in [2.05, 4.69) is 31.1 Å². The van der Waals surface area contributed by atoms with Crippen molar-refractivity contribution < 1.29 is 0 Å². The molecule has 0 unspecified atom stereocenters. The third-order valence-corrected chi connectivity index (χ3v) is 4.53. The molecule has 1 aromatic rings. The molecule has 0 bridgehead atoms. The molecule has 2 rings (SSSR count). The maximum absolute atomic E-state index is 5.91. The van der Waals surface area contributed by atoms with E-state index in [1.54, 1.807) is 11.3 Å². The number of aromatic nitrogens is 1. The van der Waals surface area contributed by atoms with Gasteiger partial charge in [-0.2, -0.15) is 0 Å². The topological polar surface area (TPSA) is 42.2 Å². The lowest BCUT2D eigenvalue weighted by Crippen LogP contribution is -2.39. The van der Waals surface area contributed by atoms with Gasteiger partial charge < -0.3 is 5.73 Å². The first-order valence-corrected chi connectivity index (χ1v) is 7.26. The van der Waals surface area contributed by atoms with E-state index in [-0.39, 0.29) is 5.41 Å². The molecule has 17 heavy (non-hydrogen) atoms. The van der Waals surface area contributed by atoms with Gasteiger partial charge in [-0.05, 0) is 12.8 Å². The minimum atomic E-state index is 0.174. The molecular formula is C13H23N3S. The Balaban J connectivity index is 1.93. The van der Waals surface area contributed by atoms with E-state index in [0.717, 1.165) is 32.5 Å². The van der Waals surface area contributed by atoms with E-state index in [1.807, 2.05) is 0 Å². The Morgan fingerprint density at radius 2 is 2.06 bits per heavy atom. The SMILES string of the molecule is CC(C)(C)c1nc(CN2CCC(N)CC2)cs1. The van der Waals surface area contributed by atoms with E-state index < -0.39 is 0 Å². The highest BCUT2D eigenvalue weighted by atomic mass is 32.1. The third-order valence-electron chi connectivity index (χ3n) is 3.21. The number of hydrogen-bond donors (Lipinski definition) is 1. The molecule has 0 aliphatic carbocycles. The van der Waals surface area contributed by atoms with Crippen LogP contribution in [0.25, 0.3) is 0 Å². The Hall–Kier alpha value is -0.450. The lowest BCUT2D eigenvalue weighted by Gasteiger charge is -2.29. The quantitative estimate of drug-likeness (QED) is 0.880. The predicted octanol–water partition coefficient (Wildman–Crippen LogP) is 2.36. The zero-order valence-electron chi connectivity index (χ0n) is 11.1. The number of rotatable bonds is 2. The Morgan fingerprint density at radius 1 is 1.41 bits per heavy atom. The number of piperidine rings is 1. The summed E-state index contributed by atoms with van der Waals surface area (Å²) in [6.07, 6.45) is 2.24. The normalized spacial score (nSPS) is 19.8. The van der Waals surface area contributed by atoms with Crippen LogP contribution in [-0.4, -0.2) is 29.0 Å². The van der Waals surface area contributed by atoms with E-state index in [0.29, 0.717) is 6.04 Å². The standard InChI is InChI=1S/C13H23N3S/c1-13(2,3)12-15-11(9-17-12)8-16-6-4-10(14)5-7-16/h9-10H,4-8,14H2,1-3H3. The average Bonchev–Trinajstić information content (AvgIpc) is 2.69. The van der Waals surface area contributed by atoms with Crippen molar-refractivity contribution in [2.45, 2.75) is 51.6 Å². The Labute approximate surface area is 108 Å². The fourth-order valence-electron chi connectivity index (χ4n) is 2.06. The highest BCUT2D eigenvalue weighted by Crippen LogP contribution is 2.26. The smallest absolute Gasteiger partial charge is 0.0982 e. The van der Waals surface area contributed by atoms with E-state index >= 15 is 0 Å². The monoisotopic (exact) mass is 253 g/mol. The second-order valence-corrected chi connectivity index (χ2v) is 6.87. The third kappa shape index (κ3) is 3.50. The molecule has 3 nitrogen and oxygen atoms in total. The van der Waals surface area contributed by atoms with E-state index in [9.17, 15) is 0 Å². The lowest BCUT2D eigenvalue weighted by atomic mass is 9.98. The maximum atomic E-state index is 5.91. The van der Waals surface area contributed by atoms with Crippen LogP contribution in [-0.2, 0) is 12.0 Å². The molecule has 1 fully saturated rings. The second kappa shape index (κ2) is 5.04. The van der Waals surface area contributed by atoms with Gasteiger partial charge in [-0.15, -0.1) is 11.3 Å². The summed E-state index contributed by atoms with van der Waals surface area (Å²) in [6.45, 7) is 9.87. The van der Waals surface area contributed by atoms with Gasteiger partial charge in [0.1, 0.15) is 0 Å². The van der Waals surface area contributed by atoms with Crippen LogP contribution in [0, 0.1) is 0 Å². The number of likely N-dealkylation sites (tertiary alicyclic amines) is 1. The first kappa shape index (κ1) is 13.0. The Kier molecular flexibility index (Phi) is 3.85. The minimum absolute atomic E-state index is 0.174. The van der Waals surface area contributed by atoms with Crippen LogP contribution in [0.4, 0.5) is 0 Å². The summed E-state index contributed by atoms with van der Waals surface area (Å²) >= 11 is 1.78. The van der Waals surface area contributed by atoms with E-state index in [4.69, 9.17) is 10.7 Å². The summed E-state index contributed by atoms with van der Waals surface area (Å²) in [6, 6.07) is 0.409. The summed E-state index contributed by atoms with van der Waals surface area (Å²) in [5, 5.41) is 3.44. The van der Waals surface area contributed by atoms with Gasteiger partial charge in [0.25, 0.3) is 0 Å². The van der Waals surface area contributed by atoms with Crippen LogP contribution in [0.15, 0.2) is 5.38 Å². The molecule has 96 valence electrons. The Bertz CT molecular complexity index is 359. The molecule has 0 spiro atoms. The number of hydrogen-bond acceptors (Lipinski definition) is 4. The van der Waals surface area contributed by atoms with Gasteiger partial charge in [-0.25, -0.2) is 4.98 Å². The fraction of sp³-hybridized carbons (Fsp3) is 0.769. The number of nitrogens with zero attached hydrogens (tertiary/aromatic N) is 2. The van der Waals surface area contributed by atoms with Crippen LogP contribution in [0.2, 0.25) is 0 Å². The zero-order valence-corrected chi connectivity index (χ0v) is 11.9. The van der Waals surface area contributed by atoms with Crippen LogP contribution in [0.1, 0.15) is 44.3 Å². The molecule has 0 saturated carbocycles. The van der Waals surface area contributed by atoms with Crippen LogP contribution in [0.5, 0.6) is 0 Å². The molecule has 1 aliphatic rings. The molecule has 1 aliphatic heterocycles. The van der Waals surface area contributed by atoms with Crippen molar-refractivity contribution in [3.05, 3.63) is 16.1 Å². The highest BCUT2D eigenvalue weighted by Gasteiger charge is 2.20. The summed E-state index contributed by atoms with van der Waals surface area (Å²) in [5.41, 5.74) is 7.30. The molecule has 4 heteroatoms. The van der Waals surface area contributed by atoms with Crippen LogP contribution >= 0.6 is 11.3 Å². The first-order valence-electron chi connectivity index (χ1n) is 6.38. The summed E-state index contributed by atoms with van der Waals surface area (Å²) in [4.78, 5) is 7.20. The molecule has 2 N–H and O–H groups in total. The molecule has 2 heterocycles. The summed E-state index contributed by atoms with van der Waals surface area (Å²) in [5.74, 6) is 0. The van der Waals surface area contributed by atoms with Crippen molar-refractivity contribution in [2.75, 3.05) is 13.1 Å². The molecule has 1 aromatic heterocycles. The molecule has 0 atom stereocenters. The molecule has 0 aromatic carbocycles. The first-order chi connectivity index (χ1) is 7.95. The van der Waals surface area contributed by atoms with Crippen molar-refractivity contribution in [3.63, 3.8) is 0 Å². The predicted molar refractivity (Wildman–Crippen MR) is 73.3 cm³/mol. The molecule has 0 radical (unpaired) electrons. The lowest BCUT2D eigenvalue weighted by molar-refractivity contribution is 0.203. The van der Waals surface area contributed by atoms with Gasteiger partial charge in [-0.3, -0.25) is 4.90 Å². The summed E-state index contributed by atoms with van der Waals surface area (Å²) < 4.78 is 0. The fourth-order valence-corrected chi connectivity index (χ4v) is 2.96. The van der Waals surface area contributed by atoms with Gasteiger partial charge in [0.15, 0.2) is 0 Å². The maximum Gasteiger partial charge on any atom is 0.0982 e. The van der Waals surface area contributed by atoms with Crippen molar-refractivity contribution in [2.24, 2.45) is 5.73 Å². The summed E-state index contributed by atoms with van der Waals surface area (Å²) in [7, 11) is 0.